The van der Waals surface area contributed by atoms with Crippen molar-refractivity contribution >= 4 is 23.4 Å². The average Bonchev–Trinajstić information content (AvgIpc) is 2.55. The van der Waals surface area contributed by atoms with Crippen molar-refractivity contribution in [3.8, 4) is 0 Å². The van der Waals surface area contributed by atoms with Crippen molar-refractivity contribution in [2.24, 2.45) is 0 Å². The monoisotopic (exact) mass is 298 g/mol. The van der Waals surface area contributed by atoms with E-state index in [4.69, 9.17) is 11.6 Å². The molecule has 0 spiro atoms. The first-order valence-corrected chi connectivity index (χ1v) is 6.91. The molecule has 1 aromatic carbocycles. The highest BCUT2D eigenvalue weighted by Crippen LogP contribution is 2.20. The van der Waals surface area contributed by atoms with E-state index in [1.807, 2.05) is 6.92 Å². The highest BCUT2D eigenvalue weighted by atomic mass is 35.5. The van der Waals surface area contributed by atoms with Gasteiger partial charge >= 0.3 is 0 Å². The van der Waals surface area contributed by atoms with Gasteiger partial charge in [-0.05, 0) is 30.2 Å². The molecule has 20 heavy (non-hydrogen) atoms. The van der Waals surface area contributed by atoms with Gasteiger partial charge in [-0.2, -0.15) is 0 Å². The zero-order chi connectivity index (χ0) is 14.7. The molecule has 2 amide bonds. The third-order valence-corrected chi connectivity index (χ3v) is 3.70. The van der Waals surface area contributed by atoms with Crippen molar-refractivity contribution in [3.05, 3.63) is 34.6 Å². The van der Waals surface area contributed by atoms with Gasteiger partial charge in [-0.15, -0.1) is 0 Å². The van der Waals surface area contributed by atoms with Crippen LogP contribution in [-0.2, 0) is 16.1 Å². The molecule has 108 valence electrons. The normalized spacial score (nSPS) is 19.8. The lowest BCUT2D eigenvalue weighted by atomic mass is 10.1. The molecule has 0 aliphatic carbocycles. The summed E-state index contributed by atoms with van der Waals surface area (Å²) in [5.41, 5.74) is 0.546. The number of nitrogens with zero attached hydrogens (tertiary/aromatic N) is 1. The van der Waals surface area contributed by atoms with Gasteiger partial charge in [0.15, 0.2) is 0 Å². The predicted molar refractivity (Wildman–Crippen MR) is 73.7 cm³/mol. The largest absolute Gasteiger partial charge is 0.344 e. The third kappa shape index (κ3) is 3.28. The van der Waals surface area contributed by atoms with E-state index in [0.717, 1.165) is 0 Å². The molecule has 1 saturated heterocycles. The number of hydrogen-bond acceptors (Lipinski definition) is 2. The van der Waals surface area contributed by atoms with Gasteiger partial charge in [-0.3, -0.25) is 9.59 Å². The van der Waals surface area contributed by atoms with E-state index in [9.17, 15) is 14.0 Å². The number of amides is 2. The second kappa shape index (κ2) is 6.22. The van der Waals surface area contributed by atoms with Gasteiger partial charge < -0.3 is 10.2 Å². The lowest BCUT2D eigenvalue weighted by Gasteiger charge is -2.24. The van der Waals surface area contributed by atoms with Crippen molar-refractivity contribution < 1.29 is 14.0 Å². The van der Waals surface area contributed by atoms with E-state index < -0.39 is 11.9 Å². The average molecular weight is 299 g/mol. The summed E-state index contributed by atoms with van der Waals surface area (Å²) in [7, 11) is 0. The van der Waals surface area contributed by atoms with Crippen LogP contribution in [0.5, 0.6) is 0 Å². The number of benzene rings is 1. The maximum atomic E-state index is 13.3. The Labute approximate surface area is 121 Å². The molecule has 1 heterocycles. The fourth-order valence-corrected chi connectivity index (χ4v) is 2.38. The van der Waals surface area contributed by atoms with E-state index >= 15 is 0 Å². The van der Waals surface area contributed by atoms with Crippen LogP contribution in [0.4, 0.5) is 4.39 Å². The van der Waals surface area contributed by atoms with E-state index in [1.165, 1.54) is 18.2 Å². The van der Waals surface area contributed by atoms with E-state index in [0.29, 0.717) is 23.6 Å². The van der Waals surface area contributed by atoms with Crippen LogP contribution in [0.25, 0.3) is 0 Å². The summed E-state index contributed by atoms with van der Waals surface area (Å²) in [6, 6.07) is 3.54. The zero-order valence-corrected chi connectivity index (χ0v) is 11.9. The molecule has 1 aromatic rings. The van der Waals surface area contributed by atoms with Gasteiger partial charge in [0.2, 0.25) is 11.8 Å². The minimum atomic E-state index is -0.516. The molecule has 6 heteroatoms. The number of nitrogens with one attached hydrogen (secondary N) is 1. The van der Waals surface area contributed by atoms with E-state index in [2.05, 4.69) is 5.32 Å². The second-order valence-electron chi connectivity index (χ2n) is 4.77. The van der Waals surface area contributed by atoms with Gasteiger partial charge in [0.25, 0.3) is 0 Å². The van der Waals surface area contributed by atoms with Crippen LogP contribution in [0.3, 0.4) is 0 Å². The van der Waals surface area contributed by atoms with Gasteiger partial charge in [-0.25, -0.2) is 4.39 Å². The predicted octanol–water partition coefficient (Wildman–Crippen LogP) is 2.11. The van der Waals surface area contributed by atoms with Crippen LogP contribution >= 0.6 is 11.6 Å². The molecule has 1 aliphatic rings. The first kappa shape index (κ1) is 14.8. The highest BCUT2D eigenvalue weighted by Gasteiger charge is 2.28. The number of rotatable bonds is 3. The molecule has 1 aliphatic heterocycles. The van der Waals surface area contributed by atoms with Gasteiger partial charge in [0, 0.05) is 24.5 Å². The number of halogens is 2. The first-order chi connectivity index (χ1) is 9.51. The summed E-state index contributed by atoms with van der Waals surface area (Å²) >= 11 is 6.02. The third-order valence-electron chi connectivity index (χ3n) is 3.33. The maximum absolute atomic E-state index is 13.3. The van der Waals surface area contributed by atoms with Crippen LogP contribution in [0.2, 0.25) is 5.02 Å². The minimum Gasteiger partial charge on any atom is -0.344 e. The Kier molecular flexibility index (Phi) is 4.60. The Balaban J connectivity index is 2.20. The van der Waals surface area contributed by atoms with Gasteiger partial charge in [0.05, 0.1) is 0 Å². The summed E-state index contributed by atoms with van der Waals surface area (Å²) in [4.78, 5) is 25.4. The summed E-state index contributed by atoms with van der Waals surface area (Å²) in [6.45, 7) is 2.36. The summed E-state index contributed by atoms with van der Waals surface area (Å²) in [6.07, 6.45) is 0.771. The molecule has 0 saturated carbocycles. The molecule has 4 nitrogen and oxygen atoms in total. The number of carbonyl (C=O) groups is 2. The Morgan fingerprint density at radius 2 is 2.20 bits per heavy atom. The standard InChI is InChI=1S/C14H16ClFN2O2/c1-2-12-14(20)18(6-5-13(19)17-12)8-9-7-10(16)3-4-11(9)15/h3-4,7,12H,2,5-6,8H2,1H3,(H,17,19). The van der Waals surface area contributed by atoms with Crippen LogP contribution in [0.1, 0.15) is 25.3 Å². The summed E-state index contributed by atoms with van der Waals surface area (Å²) in [5.74, 6) is -0.690. The lowest BCUT2D eigenvalue weighted by Crippen LogP contribution is -2.43. The fourth-order valence-electron chi connectivity index (χ4n) is 2.20. The maximum Gasteiger partial charge on any atom is 0.245 e. The minimum absolute atomic E-state index is 0.141. The molecular weight excluding hydrogens is 283 g/mol. The highest BCUT2D eigenvalue weighted by molar-refractivity contribution is 6.31. The molecule has 1 fully saturated rings. The van der Waals surface area contributed by atoms with Crippen LogP contribution in [0, 0.1) is 5.82 Å². The van der Waals surface area contributed by atoms with E-state index in [1.54, 1.807) is 4.90 Å². The number of carbonyl (C=O) groups excluding carboxylic acids is 2. The molecule has 0 bridgehead atoms. The zero-order valence-electron chi connectivity index (χ0n) is 11.2. The Hall–Kier alpha value is -1.62. The number of hydrogen-bond donors (Lipinski definition) is 1. The van der Waals surface area contributed by atoms with Crippen molar-refractivity contribution in [2.75, 3.05) is 6.54 Å². The van der Waals surface area contributed by atoms with Crippen LogP contribution in [0.15, 0.2) is 18.2 Å². The van der Waals surface area contributed by atoms with Crippen LogP contribution < -0.4 is 5.32 Å². The molecule has 0 radical (unpaired) electrons. The van der Waals surface area contributed by atoms with E-state index in [-0.39, 0.29) is 24.8 Å². The lowest BCUT2D eigenvalue weighted by molar-refractivity contribution is -0.134. The topological polar surface area (TPSA) is 49.4 Å². The molecule has 1 unspecified atom stereocenters. The Morgan fingerprint density at radius 3 is 2.90 bits per heavy atom. The van der Waals surface area contributed by atoms with Crippen molar-refractivity contribution in [1.29, 1.82) is 0 Å². The van der Waals surface area contributed by atoms with Gasteiger partial charge in [-0.1, -0.05) is 18.5 Å². The molecule has 1 N–H and O–H groups in total. The molecular formula is C14H16ClFN2O2. The quantitative estimate of drug-likeness (QED) is 0.929. The SMILES string of the molecule is CCC1NC(=O)CCN(Cc2cc(F)ccc2Cl)C1=O. The van der Waals surface area contributed by atoms with Crippen LogP contribution in [-0.4, -0.2) is 29.3 Å². The second-order valence-corrected chi connectivity index (χ2v) is 5.18. The summed E-state index contributed by atoms with van der Waals surface area (Å²) < 4.78 is 13.3. The molecule has 2 rings (SSSR count). The van der Waals surface area contributed by atoms with Crippen molar-refractivity contribution in [3.63, 3.8) is 0 Å². The summed E-state index contributed by atoms with van der Waals surface area (Å²) in [5, 5.41) is 3.10. The Morgan fingerprint density at radius 1 is 1.45 bits per heavy atom. The van der Waals surface area contributed by atoms with Crippen molar-refractivity contribution in [1.82, 2.24) is 10.2 Å². The first-order valence-electron chi connectivity index (χ1n) is 6.53. The smallest absolute Gasteiger partial charge is 0.245 e. The molecule has 1 atom stereocenters. The van der Waals surface area contributed by atoms with Crippen molar-refractivity contribution in [2.45, 2.75) is 32.4 Å². The molecule has 0 aromatic heterocycles. The fraction of sp³-hybridized carbons (Fsp3) is 0.429. The Bertz CT molecular complexity index is 536. The van der Waals surface area contributed by atoms with Gasteiger partial charge in [0.1, 0.15) is 11.9 Å².